The van der Waals surface area contributed by atoms with Gasteiger partial charge in [-0.3, -0.25) is 4.79 Å². The maximum atomic E-state index is 10.7. The van der Waals surface area contributed by atoms with E-state index in [-0.39, 0.29) is 11.6 Å². The molecule has 1 saturated heterocycles. The van der Waals surface area contributed by atoms with Crippen molar-refractivity contribution in [3.05, 3.63) is 0 Å². The largest absolute Gasteiger partial charge is 0.381 e. The molecule has 15 heavy (non-hydrogen) atoms. The molecule has 0 aliphatic carbocycles. The van der Waals surface area contributed by atoms with Gasteiger partial charge in [-0.05, 0) is 26.2 Å². The van der Waals surface area contributed by atoms with E-state index in [1.54, 1.807) is 6.92 Å². The topological polar surface area (TPSA) is 43.4 Å². The lowest BCUT2D eigenvalue weighted by Gasteiger charge is -1.93. The van der Waals surface area contributed by atoms with Crippen molar-refractivity contribution in [2.24, 2.45) is 0 Å². The molecule has 1 heterocycles. The fourth-order valence-electron chi connectivity index (χ4n) is 1.22. The average Bonchev–Trinajstić information content (AvgIpc) is 2.74. The molecule has 3 heteroatoms. The van der Waals surface area contributed by atoms with Crippen LogP contribution in [0.3, 0.4) is 0 Å². The zero-order valence-electron chi connectivity index (χ0n) is 9.88. The third-order valence-corrected chi connectivity index (χ3v) is 2.21. The molecule has 88 valence electrons. The van der Waals surface area contributed by atoms with Crippen molar-refractivity contribution in [2.75, 3.05) is 13.2 Å². The van der Waals surface area contributed by atoms with E-state index in [0.29, 0.717) is 19.3 Å². The van der Waals surface area contributed by atoms with Gasteiger partial charge in [0.05, 0.1) is 0 Å². The highest BCUT2D eigenvalue weighted by Gasteiger charge is 1.98. The molecule has 0 aromatic carbocycles. The lowest BCUT2D eigenvalue weighted by molar-refractivity contribution is -0.119. The van der Waals surface area contributed by atoms with Crippen molar-refractivity contribution in [1.29, 1.82) is 0 Å². The molecule has 0 unspecified atom stereocenters. The molecule has 0 bridgehead atoms. The number of ketones is 2. The van der Waals surface area contributed by atoms with Crippen LogP contribution < -0.4 is 0 Å². The fourth-order valence-corrected chi connectivity index (χ4v) is 1.22. The van der Waals surface area contributed by atoms with Gasteiger partial charge in [-0.25, -0.2) is 0 Å². The highest BCUT2D eigenvalue weighted by molar-refractivity contribution is 5.79. The minimum atomic E-state index is 0.170. The van der Waals surface area contributed by atoms with Crippen LogP contribution in [0.4, 0.5) is 0 Å². The maximum Gasteiger partial charge on any atom is 0.132 e. The smallest absolute Gasteiger partial charge is 0.132 e. The van der Waals surface area contributed by atoms with Gasteiger partial charge in [0.15, 0.2) is 0 Å². The molecular weight excluding hydrogens is 192 g/mol. The first kappa shape index (κ1) is 14.3. The number of carbonyl (C=O) groups excluding carboxylic acids is 2. The van der Waals surface area contributed by atoms with Crippen LogP contribution in [-0.4, -0.2) is 24.8 Å². The van der Waals surface area contributed by atoms with Crippen LogP contribution in [0, 0.1) is 0 Å². The van der Waals surface area contributed by atoms with Crippen molar-refractivity contribution in [1.82, 2.24) is 0 Å². The highest BCUT2D eigenvalue weighted by atomic mass is 16.5. The van der Waals surface area contributed by atoms with Gasteiger partial charge in [-0.2, -0.15) is 0 Å². The number of carbonyl (C=O) groups is 2. The second-order valence-electron chi connectivity index (χ2n) is 3.77. The monoisotopic (exact) mass is 214 g/mol. The van der Waals surface area contributed by atoms with Gasteiger partial charge in [0.25, 0.3) is 0 Å². The van der Waals surface area contributed by atoms with E-state index >= 15 is 0 Å². The van der Waals surface area contributed by atoms with Crippen molar-refractivity contribution < 1.29 is 14.3 Å². The SMILES string of the molecule is C1CCOC1.CCC(=O)CCCC(C)=O. The van der Waals surface area contributed by atoms with Gasteiger partial charge in [0.2, 0.25) is 0 Å². The number of ether oxygens (including phenoxy) is 1. The van der Waals surface area contributed by atoms with E-state index in [9.17, 15) is 9.59 Å². The van der Waals surface area contributed by atoms with Gasteiger partial charge in [0.1, 0.15) is 11.6 Å². The Morgan fingerprint density at radius 3 is 2.07 bits per heavy atom. The van der Waals surface area contributed by atoms with E-state index in [1.807, 2.05) is 6.92 Å². The molecular formula is C12H22O3. The van der Waals surface area contributed by atoms with Crippen LogP contribution in [0.15, 0.2) is 0 Å². The van der Waals surface area contributed by atoms with Crippen molar-refractivity contribution in [2.45, 2.75) is 52.4 Å². The van der Waals surface area contributed by atoms with Gasteiger partial charge < -0.3 is 9.53 Å². The maximum absolute atomic E-state index is 10.7. The summed E-state index contributed by atoms with van der Waals surface area (Å²) < 4.78 is 4.94. The van der Waals surface area contributed by atoms with E-state index in [4.69, 9.17) is 4.74 Å². The van der Waals surface area contributed by atoms with E-state index < -0.39 is 0 Å². The van der Waals surface area contributed by atoms with E-state index in [1.165, 1.54) is 12.8 Å². The second-order valence-corrected chi connectivity index (χ2v) is 3.77. The summed E-state index contributed by atoms with van der Waals surface area (Å²) in [4.78, 5) is 21.1. The Hall–Kier alpha value is -0.700. The molecule has 0 aromatic rings. The summed E-state index contributed by atoms with van der Waals surface area (Å²) in [7, 11) is 0. The summed E-state index contributed by atoms with van der Waals surface area (Å²) in [5.74, 6) is 0.421. The highest BCUT2D eigenvalue weighted by Crippen LogP contribution is 1.99. The summed E-state index contributed by atoms with van der Waals surface area (Å²) in [6, 6.07) is 0. The quantitative estimate of drug-likeness (QED) is 0.706. The molecule has 3 nitrogen and oxygen atoms in total. The minimum absolute atomic E-state index is 0.170. The standard InChI is InChI=1S/C8H14O2.C4H8O/c1-3-8(10)6-4-5-7(2)9;1-2-4-5-3-1/h3-6H2,1-2H3;1-4H2. The van der Waals surface area contributed by atoms with Gasteiger partial charge >= 0.3 is 0 Å². The first-order valence-corrected chi connectivity index (χ1v) is 5.75. The Balaban J connectivity index is 0.000000322. The summed E-state index contributed by atoms with van der Waals surface area (Å²) in [6.07, 6.45) is 4.99. The molecule has 0 N–H and O–H groups in total. The van der Waals surface area contributed by atoms with Crippen molar-refractivity contribution in [3.8, 4) is 0 Å². The number of hydrogen-bond donors (Lipinski definition) is 0. The molecule has 1 aliphatic rings. The van der Waals surface area contributed by atoms with E-state index in [0.717, 1.165) is 19.6 Å². The molecule has 1 aliphatic heterocycles. The van der Waals surface area contributed by atoms with Crippen LogP contribution in [0.25, 0.3) is 0 Å². The first-order chi connectivity index (χ1) is 7.16. The Bertz CT molecular complexity index is 176. The Morgan fingerprint density at radius 2 is 1.73 bits per heavy atom. The van der Waals surface area contributed by atoms with Crippen molar-refractivity contribution >= 4 is 11.6 Å². The lowest BCUT2D eigenvalue weighted by Crippen LogP contribution is -1.97. The van der Waals surface area contributed by atoms with Crippen LogP contribution in [0.2, 0.25) is 0 Å². The fraction of sp³-hybridized carbons (Fsp3) is 0.833. The molecule has 0 saturated carbocycles. The Labute approximate surface area is 92.2 Å². The van der Waals surface area contributed by atoms with E-state index in [2.05, 4.69) is 0 Å². The van der Waals surface area contributed by atoms with Gasteiger partial charge in [-0.1, -0.05) is 6.92 Å². The molecule has 0 aromatic heterocycles. The predicted octanol–water partition coefficient (Wildman–Crippen LogP) is 2.52. The first-order valence-electron chi connectivity index (χ1n) is 5.75. The molecule has 1 fully saturated rings. The number of hydrogen-bond acceptors (Lipinski definition) is 3. The summed E-state index contributed by atoms with van der Waals surface area (Å²) >= 11 is 0. The predicted molar refractivity (Wildman–Crippen MR) is 59.9 cm³/mol. The molecule has 1 rings (SSSR count). The number of rotatable bonds is 5. The third kappa shape index (κ3) is 11.2. The van der Waals surface area contributed by atoms with Crippen LogP contribution >= 0.6 is 0 Å². The summed E-state index contributed by atoms with van der Waals surface area (Å²) in [5.41, 5.74) is 0. The van der Waals surface area contributed by atoms with Crippen LogP contribution in [0.1, 0.15) is 52.4 Å². The average molecular weight is 214 g/mol. The normalized spacial score (nSPS) is 14.3. The van der Waals surface area contributed by atoms with Crippen molar-refractivity contribution in [3.63, 3.8) is 0 Å². The van der Waals surface area contributed by atoms with Gasteiger partial charge in [-0.15, -0.1) is 0 Å². The zero-order chi connectivity index (χ0) is 11.5. The third-order valence-electron chi connectivity index (χ3n) is 2.21. The molecule has 0 atom stereocenters. The minimum Gasteiger partial charge on any atom is -0.381 e. The molecule has 0 spiro atoms. The molecule has 0 amide bonds. The van der Waals surface area contributed by atoms with Gasteiger partial charge in [0, 0.05) is 32.5 Å². The lowest BCUT2D eigenvalue weighted by atomic mass is 10.1. The molecule has 0 radical (unpaired) electrons. The zero-order valence-corrected chi connectivity index (χ0v) is 9.88. The Morgan fingerprint density at radius 1 is 1.13 bits per heavy atom. The number of Topliss-reactive ketones (excluding diaryl/α,β-unsaturated/α-hetero) is 2. The van der Waals surface area contributed by atoms with Crippen LogP contribution in [0.5, 0.6) is 0 Å². The second kappa shape index (κ2) is 9.84. The summed E-state index contributed by atoms with van der Waals surface area (Å²) in [5, 5.41) is 0. The summed E-state index contributed by atoms with van der Waals surface area (Å²) in [6.45, 7) is 5.40. The van der Waals surface area contributed by atoms with Crippen LogP contribution in [-0.2, 0) is 14.3 Å². The Kier molecular flexibility index (Phi) is 9.38.